The highest BCUT2D eigenvalue weighted by atomic mass is 19.4. The van der Waals surface area contributed by atoms with E-state index >= 15 is 0 Å². The summed E-state index contributed by atoms with van der Waals surface area (Å²) in [6.07, 6.45) is -3.44. The summed E-state index contributed by atoms with van der Waals surface area (Å²) in [6, 6.07) is 2.48. The third-order valence-electron chi connectivity index (χ3n) is 4.16. The van der Waals surface area contributed by atoms with E-state index in [2.05, 4.69) is 15.0 Å². The Hall–Kier alpha value is -3.70. The second-order valence-corrected chi connectivity index (χ2v) is 8.07. The molecule has 2 amide bonds. The van der Waals surface area contributed by atoms with Gasteiger partial charge in [0, 0.05) is 31.4 Å². The second kappa shape index (κ2) is 12.1. The van der Waals surface area contributed by atoms with Gasteiger partial charge in [0.1, 0.15) is 28.7 Å². The van der Waals surface area contributed by atoms with E-state index in [1.165, 1.54) is 0 Å². The molecule has 2 N–H and O–H groups in total. The van der Waals surface area contributed by atoms with Gasteiger partial charge >= 0.3 is 24.9 Å². The van der Waals surface area contributed by atoms with Gasteiger partial charge in [-0.3, -0.25) is 4.79 Å². The van der Waals surface area contributed by atoms with Crippen LogP contribution in [0.3, 0.4) is 0 Å². The largest absolute Gasteiger partial charge is 0.490 e. The fourth-order valence-corrected chi connectivity index (χ4v) is 2.63. The summed E-state index contributed by atoms with van der Waals surface area (Å²) in [6.45, 7) is 3.07. The minimum atomic E-state index is -5.08. The highest BCUT2D eigenvalue weighted by Gasteiger charge is 2.38. The van der Waals surface area contributed by atoms with Crippen molar-refractivity contribution in [2.24, 2.45) is 0 Å². The molecule has 0 saturated carbocycles. The molecule has 1 aromatic heterocycles. The average molecular weight is 510 g/mol. The number of carbonyl (C=O) groups is 3. The third-order valence-corrected chi connectivity index (χ3v) is 4.16. The summed E-state index contributed by atoms with van der Waals surface area (Å²) in [5.74, 6) is -3.73. The molecule has 1 aromatic rings. The molecular formula is C20H23F5N4O6. The van der Waals surface area contributed by atoms with Crippen molar-refractivity contribution in [2.45, 2.75) is 58.0 Å². The Kier molecular flexibility index (Phi) is 10.2. The van der Waals surface area contributed by atoms with Gasteiger partial charge < -0.3 is 24.8 Å². The lowest BCUT2D eigenvalue weighted by molar-refractivity contribution is -0.192. The zero-order chi connectivity index (χ0) is 27.0. The van der Waals surface area contributed by atoms with Crippen molar-refractivity contribution in [2.75, 3.05) is 13.1 Å². The van der Waals surface area contributed by atoms with Crippen LogP contribution in [0, 0.1) is 11.3 Å². The molecule has 1 fully saturated rings. The first-order valence-corrected chi connectivity index (χ1v) is 9.97. The Morgan fingerprint density at radius 1 is 1.23 bits per heavy atom. The van der Waals surface area contributed by atoms with Crippen LogP contribution in [0.1, 0.15) is 49.7 Å². The van der Waals surface area contributed by atoms with Crippen molar-refractivity contribution in [3.63, 3.8) is 0 Å². The maximum absolute atomic E-state index is 12.5. The molecule has 1 aliphatic heterocycles. The monoisotopic (exact) mass is 510 g/mol. The summed E-state index contributed by atoms with van der Waals surface area (Å²) >= 11 is 0. The number of carboxylic acid groups (broad SMARTS) is 1. The van der Waals surface area contributed by atoms with Crippen molar-refractivity contribution in [1.29, 1.82) is 5.26 Å². The molecule has 0 atom stereocenters. The van der Waals surface area contributed by atoms with Crippen molar-refractivity contribution < 1.29 is 50.9 Å². The van der Waals surface area contributed by atoms with Crippen LogP contribution in [-0.2, 0) is 9.53 Å². The van der Waals surface area contributed by atoms with E-state index < -0.39 is 42.1 Å². The quantitative estimate of drug-likeness (QED) is 0.588. The SMILES string of the molecule is CC(C)(C)OC(=O)N1CCC(NC(=O)c2cc(OC(F)F)c(C#N)cn2)CC1.O=C(O)C(F)(F)F. The van der Waals surface area contributed by atoms with Crippen molar-refractivity contribution in [3.8, 4) is 11.8 Å². The Labute approximate surface area is 196 Å². The molecule has 0 unspecified atom stereocenters. The van der Waals surface area contributed by atoms with Crippen LogP contribution in [0.5, 0.6) is 5.75 Å². The molecule has 0 aliphatic carbocycles. The van der Waals surface area contributed by atoms with E-state index in [1.807, 2.05) is 0 Å². The van der Waals surface area contributed by atoms with Gasteiger partial charge in [-0.2, -0.15) is 27.2 Å². The molecule has 0 aromatic carbocycles. The average Bonchev–Trinajstić information content (AvgIpc) is 2.72. The second-order valence-electron chi connectivity index (χ2n) is 8.07. The lowest BCUT2D eigenvalue weighted by Gasteiger charge is -2.33. The molecule has 0 bridgehead atoms. The van der Waals surface area contributed by atoms with Gasteiger partial charge in [0.2, 0.25) is 0 Å². The van der Waals surface area contributed by atoms with E-state index in [9.17, 15) is 31.5 Å². The van der Waals surface area contributed by atoms with E-state index in [0.29, 0.717) is 25.9 Å². The molecule has 10 nitrogen and oxygen atoms in total. The topological polar surface area (TPSA) is 142 Å². The number of carbonyl (C=O) groups excluding carboxylic acids is 2. The van der Waals surface area contributed by atoms with Gasteiger partial charge in [-0.25, -0.2) is 14.6 Å². The number of amides is 2. The number of hydrogen-bond donors (Lipinski definition) is 2. The number of ether oxygens (including phenoxy) is 2. The van der Waals surface area contributed by atoms with Crippen molar-refractivity contribution >= 4 is 18.0 Å². The molecule has 2 rings (SSSR count). The predicted octanol–water partition coefficient (Wildman–Crippen LogP) is 3.32. The maximum Gasteiger partial charge on any atom is 0.490 e. The maximum atomic E-state index is 12.5. The van der Waals surface area contributed by atoms with E-state index in [1.54, 1.807) is 31.7 Å². The van der Waals surface area contributed by atoms with Crippen molar-refractivity contribution in [3.05, 3.63) is 23.5 Å². The molecule has 194 valence electrons. The van der Waals surface area contributed by atoms with Gasteiger partial charge in [-0.15, -0.1) is 0 Å². The molecule has 35 heavy (non-hydrogen) atoms. The number of halogens is 5. The fourth-order valence-electron chi connectivity index (χ4n) is 2.63. The normalized spacial score (nSPS) is 14.3. The lowest BCUT2D eigenvalue weighted by atomic mass is 10.1. The molecule has 15 heteroatoms. The number of alkyl halides is 5. The first-order valence-electron chi connectivity index (χ1n) is 9.97. The van der Waals surface area contributed by atoms with Crippen LogP contribution in [-0.4, -0.2) is 70.5 Å². The Morgan fingerprint density at radius 3 is 2.20 bits per heavy atom. The zero-order valence-corrected chi connectivity index (χ0v) is 18.9. The molecular weight excluding hydrogens is 487 g/mol. The number of hydrogen-bond acceptors (Lipinski definition) is 7. The number of nitrogens with one attached hydrogen (secondary N) is 1. The first-order chi connectivity index (χ1) is 16.0. The van der Waals surface area contributed by atoms with Crippen molar-refractivity contribution in [1.82, 2.24) is 15.2 Å². The highest BCUT2D eigenvalue weighted by Crippen LogP contribution is 2.21. The van der Waals surface area contributed by atoms with E-state index in [0.717, 1.165) is 12.3 Å². The number of aliphatic carboxylic acids is 1. The minimum absolute atomic E-state index is 0.135. The highest BCUT2D eigenvalue weighted by molar-refractivity contribution is 5.93. The molecule has 0 spiro atoms. The molecule has 0 radical (unpaired) electrons. The number of nitriles is 1. The smallest absolute Gasteiger partial charge is 0.475 e. The predicted molar refractivity (Wildman–Crippen MR) is 108 cm³/mol. The van der Waals surface area contributed by atoms with Gasteiger partial charge in [-0.05, 0) is 33.6 Å². The molecule has 2 heterocycles. The number of nitrogens with zero attached hydrogens (tertiary/aromatic N) is 3. The van der Waals surface area contributed by atoms with E-state index in [4.69, 9.17) is 19.9 Å². The number of rotatable bonds is 4. The number of likely N-dealkylation sites (tertiary alicyclic amines) is 1. The summed E-state index contributed by atoms with van der Waals surface area (Å²) in [4.78, 5) is 38.7. The summed E-state index contributed by atoms with van der Waals surface area (Å²) in [5, 5.41) is 18.8. The lowest BCUT2D eigenvalue weighted by Crippen LogP contribution is -2.47. The molecule has 1 saturated heterocycles. The number of carboxylic acids is 1. The Bertz CT molecular complexity index is 951. The van der Waals surface area contributed by atoms with Crippen LogP contribution in [0.2, 0.25) is 0 Å². The standard InChI is InChI=1S/C18H22F2N4O4.C2HF3O2/c1-18(2,3)28-17(26)24-6-4-12(5-7-24)23-15(25)13-8-14(27-16(19)20)11(9-21)10-22-13;3-2(4,5)1(6)7/h8,10,12,16H,4-7H2,1-3H3,(H,23,25);(H,6,7). The van der Waals surface area contributed by atoms with Gasteiger partial charge in [-0.1, -0.05) is 0 Å². The summed E-state index contributed by atoms with van der Waals surface area (Å²) in [5.41, 5.74) is -0.909. The van der Waals surface area contributed by atoms with Crippen LogP contribution < -0.4 is 10.1 Å². The van der Waals surface area contributed by atoms with E-state index in [-0.39, 0.29) is 17.3 Å². The van der Waals surface area contributed by atoms with Crippen LogP contribution in [0.4, 0.5) is 26.7 Å². The minimum Gasteiger partial charge on any atom is -0.475 e. The summed E-state index contributed by atoms with van der Waals surface area (Å²) in [7, 11) is 0. The molecule has 1 aliphatic rings. The third kappa shape index (κ3) is 10.4. The van der Waals surface area contributed by atoms with Gasteiger partial charge in [0.25, 0.3) is 5.91 Å². The number of pyridine rings is 1. The first kappa shape index (κ1) is 29.3. The zero-order valence-electron chi connectivity index (χ0n) is 18.9. The Morgan fingerprint density at radius 2 is 1.77 bits per heavy atom. The Balaban J connectivity index is 0.000000762. The summed E-state index contributed by atoms with van der Waals surface area (Å²) < 4.78 is 66.2. The van der Waals surface area contributed by atoms with Crippen LogP contribution >= 0.6 is 0 Å². The van der Waals surface area contributed by atoms with Crippen LogP contribution in [0.15, 0.2) is 12.3 Å². The van der Waals surface area contributed by atoms with Gasteiger partial charge in [0.15, 0.2) is 0 Å². The van der Waals surface area contributed by atoms with Crippen LogP contribution in [0.25, 0.3) is 0 Å². The fraction of sp³-hybridized carbons (Fsp3) is 0.550. The number of aromatic nitrogens is 1. The number of piperidine rings is 1. The van der Waals surface area contributed by atoms with Gasteiger partial charge in [0.05, 0.1) is 0 Å².